The van der Waals surface area contributed by atoms with E-state index in [-0.39, 0.29) is 28.1 Å². The van der Waals surface area contributed by atoms with Crippen molar-refractivity contribution < 1.29 is 23.9 Å². The summed E-state index contributed by atoms with van der Waals surface area (Å²) in [4.78, 5) is 39.7. The largest absolute Gasteiger partial charge is 0.483 e. The number of rotatable bonds is 12. The molecule has 0 saturated heterocycles. The van der Waals surface area contributed by atoms with Crippen molar-refractivity contribution in [2.45, 2.75) is 45.0 Å². The number of esters is 1. The van der Waals surface area contributed by atoms with E-state index in [9.17, 15) is 14.4 Å². The van der Waals surface area contributed by atoms with Gasteiger partial charge in [-0.3, -0.25) is 14.2 Å². The van der Waals surface area contributed by atoms with Crippen molar-refractivity contribution in [3.63, 3.8) is 0 Å². The lowest BCUT2D eigenvalue weighted by molar-refractivity contribution is -0.113. The fourth-order valence-electron chi connectivity index (χ4n) is 3.72. The van der Waals surface area contributed by atoms with Gasteiger partial charge in [0.05, 0.1) is 23.3 Å². The number of anilines is 1. The molecule has 0 aliphatic carbocycles. The maximum absolute atomic E-state index is 12.9. The van der Waals surface area contributed by atoms with Crippen molar-refractivity contribution in [1.82, 2.24) is 19.7 Å². The second-order valence-electron chi connectivity index (χ2n) is 8.79. The number of thiophene rings is 1. The number of allylic oxidation sites excluding steroid dienone is 1. The highest BCUT2D eigenvalue weighted by Crippen LogP contribution is 2.34. The van der Waals surface area contributed by atoms with E-state index in [4.69, 9.17) is 9.47 Å². The number of hydrogen-bond donors (Lipinski definition) is 1. The number of thioether (sulfide) groups is 1. The zero-order chi connectivity index (χ0) is 28.7. The van der Waals surface area contributed by atoms with Gasteiger partial charge in [0.15, 0.2) is 17.1 Å². The topological polar surface area (TPSA) is 116 Å². The summed E-state index contributed by atoms with van der Waals surface area (Å²) in [6.45, 7) is 9.90. The van der Waals surface area contributed by atoms with Crippen molar-refractivity contribution in [3.8, 4) is 5.75 Å². The van der Waals surface area contributed by atoms with Crippen molar-refractivity contribution in [2.24, 2.45) is 0 Å². The van der Waals surface area contributed by atoms with E-state index < -0.39 is 12.1 Å². The first-order chi connectivity index (χ1) is 18.6. The van der Waals surface area contributed by atoms with E-state index in [0.717, 1.165) is 23.5 Å². The van der Waals surface area contributed by atoms with Gasteiger partial charge in [0.2, 0.25) is 5.91 Å². The van der Waals surface area contributed by atoms with E-state index in [1.807, 2.05) is 35.8 Å². The summed E-state index contributed by atoms with van der Waals surface area (Å²) >= 11 is 2.24. The number of nitrogens with zero attached hydrogens (tertiary/aromatic N) is 4. The average molecular weight is 572 g/mol. The van der Waals surface area contributed by atoms with Crippen molar-refractivity contribution in [2.75, 3.05) is 32.3 Å². The Bertz CT molecular complexity index is 1350. The number of amides is 2. The number of aromatic nitrogens is 3. The number of aryl methyl sites for hydroxylation is 1. The Morgan fingerprint density at radius 2 is 1.92 bits per heavy atom. The summed E-state index contributed by atoms with van der Waals surface area (Å²) in [7, 11) is 4.49. The molecule has 39 heavy (non-hydrogen) atoms. The minimum atomic E-state index is -0.627. The molecule has 208 valence electrons. The van der Waals surface area contributed by atoms with E-state index in [2.05, 4.69) is 29.0 Å². The number of ether oxygens (including phenoxy) is 2. The number of carbonyl (C=O) groups is 3. The first kappa shape index (κ1) is 29.9. The van der Waals surface area contributed by atoms with Gasteiger partial charge in [-0.1, -0.05) is 36.9 Å². The van der Waals surface area contributed by atoms with E-state index >= 15 is 0 Å². The summed E-state index contributed by atoms with van der Waals surface area (Å²) in [6, 6.07) is 7.90. The molecule has 1 atom stereocenters. The summed E-state index contributed by atoms with van der Waals surface area (Å²) < 4.78 is 12.8. The average Bonchev–Trinajstić information content (AvgIpc) is 3.47. The number of benzene rings is 1. The predicted molar refractivity (Wildman–Crippen MR) is 153 cm³/mol. The third kappa shape index (κ3) is 7.07. The number of hydrogen-bond acceptors (Lipinski definition) is 9. The Labute approximate surface area is 236 Å². The monoisotopic (exact) mass is 571 g/mol. The zero-order valence-electron chi connectivity index (χ0n) is 22.9. The van der Waals surface area contributed by atoms with Crippen LogP contribution in [-0.4, -0.2) is 64.4 Å². The molecule has 2 amide bonds. The molecule has 3 aromatic rings. The van der Waals surface area contributed by atoms with Gasteiger partial charge in [0.25, 0.3) is 5.91 Å². The van der Waals surface area contributed by atoms with Gasteiger partial charge in [-0.05, 0) is 43.5 Å². The molecular weight excluding hydrogens is 538 g/mol. The Hall–Kier alpha value is -3.64. The molecular formula is C27H33N5O5S2. The molecule has 1 aromatic carbocycles. The lowest BCUT2D eigenvalue weighted by Gasteiger charge is -2.16. The standard InChI is InChI=1S/C27H33N5O5S2/c1-8-14-32-23(17(4)37-19-12-10-18(9-2)11-13-19)29-30-27(32)38-15-20(33)28-24-21(26(35)36-7)16(3)22(39-24)25(34)31(5)6/h8,10-13,17H,1,9,14-15H2,2-7H3,(H,28,33)/t17-/m0/s1. The molecule has 1 N–H and O–H groups in total. The highest BCUT2D eigenvalue weighted by atomic mass is 32.2. The fourth-order valence-corrected chi connectivity index (χ4v) is 5.71. The zero-order valence-corrected chi connectivity index (χ0v) is 24.6. The second-order valence-corrected chi connectivity index (χ2v) is 10.7. The molecule has 12 heteroatoms. The van der Waals surface area contributed by atoms with Gasteiger partial charge in [-0.2, -0.15) is 0 Å². The van der Waals surface area contributed by atoms with Crippen LogP contribution in [0.15, 0.2) is 42.1 Å². The number of nitrogens with one attached hydrogen (secondary N) is 1. The van der Waals surface area contributed by atoms with Crippen LogP contribution in [0.25, 0.3) is 0 Å². The van der Waals surface area contributed by atoms with Gasteiger partial charge in [0.1, 0.15) is 10.8 Å². The van der Waals surface area contributed by atoms with Gasteiger partial charge < -0.3 is 19.7 Å². The van der Waals surface area contributed by atoms with Crippen LogP contribution in [0.4, 0.5) is 5.00 Å². The summed E-state index contributed by atoms with van der Waals surface area (Å²) in [5.41, 5.74) is 1.85. The smallest absolute Gasteiger partial charge is 0.341 e. The Kier molecular flexibility index (Phi) is 10.3. The van der Waals surface area contributed by atoms with E-state index in [1.54, 1.807) is 27.1 Å². The normalized spacial score (nSPS) is 11.5. The first-order valence-corrected chi connectivity index (χ1v) is 14.1. The van der Waals surface area contributed by atoms with Crippen molar-refractivity contribution in [3.05, 3.63) is 64.3 Å². The Morgan fingerprint density at radius 3 is 2.51 bits per heavy atom. The third-order valence-electron chi connectivity index (χ3n) is 5.79. The van der Waals surface area contributed by atoms with Crippen LogP contribution in [0.1, 0.15) is 56.9 Å². The SMILES string of the molecule is C=CCn1c(SCC(=O)Nc2sc(C(=O)N(C)C)c(C)c2C(=O)OC)nnc1[C@H](C)Oc1ccc(CC)cc1. The lowest BCUT2D eigenvalue weighted by atomic mass is 10.1. The van der Waals surface area contributed by atoms with Crippen LogP contribution in [0.5, 0.6) is 5.75 Å². The minimum Gasteiger partial charge on any atom is -0.483 e. The lowest BCUT2D eigenvalue weighted by Crippen LogP contribution is -2.21. The van der Waals surface area contributed by atoms with E-state index in [0.29, 0.717) is 28.0 Å². The molecule has 0 radical (unpaired) electrons. The Morgan fingerprint density at radius 1 is 1.23 bits per heavy atom. The van der Waals surface area contributed by atoms with Crippen LogP contribution in [0.3, 0.4) is 0 Å². The van der Waals surface area contributed by atoms with Crippen LogP contribution in [-0.2, 0) is 22.5 Å². The molecule has 2 heterocycles. The highest BCUT2D eigenvalue weighted by molar-refractivity contribution is 7.99. The van der Waals surface area contributed by atoms with Crippen LogP contribution in [0.2, 0.25) is 0 Å². The quantitative estimate of drug-likeness (QED) is 0.188. The summed E-state index contributed by atoms with van der Waals surface area (Å²) in [6.07, 6.45) is 2.28. The van der Waals surface area contributed by atoms with E-state index in [1.165, 1.54) is 29.3 Å². The molecule has 0 aliphatic rings. The molecule has 0 unspecified atom stereocenters. The summed E-state index contributed by atoms with van der Waals surface area (Å²) in [5, 5.41) is 12.1. The molecule has 0 aliphatic heterocycles. The maximum Gasteiger partial charge on any atom is 0.341 e. The summed E-state index contributed by atoms with van der Waals surface area (Å²) in [5.74, 6) is 0.0633. The third-order valence-corrected chi connectivity index (χ3v) is 7.95. The molecule has 0 fully saturated rings. The molecule has 0 spiro atoms. The van der Waals surface area contributed by atoms with Crippen LogP contribution < -0.4 is 10.1 Å². The van der Waals surface area contributed by atoms with Gasteiger partial charge >= 0.3 is 5.97 Å². The molecule has 0 saturated carbocycles. The highest BCUT2D eigenvalue weighted by Gasteiger charge is 2.27. The second kappa shape index (κ2) is 13.4. The number of methoxy groups -OCH3 is 1. The van der Waals surface area contributed by atoms with Crippen LogP contribution >= 0.6 is 23.1 Å². The van der Waals surface area contributed by atoms with Crippen molar-refractivity contribution in [1.29, 1.82) is 0 Å². The minimum absolute atomic E-state index is 0.00247. The molecule has 0 bridgehead atoms. The number of carbonyl (C=O) groups excluding carboxylic acids is 3. The van der Waals surface area contributed by atoms with Gasteiger partial charge in [-0.15, -0.1) is 28.1 Å². The Balaban J connectivity index is 1.74. The van der Waals surface area contributed by atoms with Crippen LogP contribution in [0, 0.1) is 6.92 Å². The van der Waals surface area contributed by atoms with Gasteiger partial charge in [-0.25, -0.2) is 4.79 Å². The maximum atomic E-state index is 12.9. The van der Waals surface area contributed by atoms with Gasteiger partial charge in [0, 0.05) is 20.6 Å². The molecule has 3 rings (SSSR count). The molecule has 10 nitrogen and oxygen atoms in total. The fraction of sp³-hybridized carbons (Fsp3) is 0.370. The predicted octanol–water partition coefficient (Wildman–Crippen LogP) is 4.76. The first-order valence-electron chi connectivity index (χ1n) is 12.3. The van der Waals surface area contributed by atoms with Crippen molar-refractivity contribution >= 4 is 45.9 Å². The molecule has 2 aromatic heterocycles.